The van der Waals surface area contributed by atoms with Gasteiger partial charge < -0.3 is 20.7 Å². The number of amides is 2. The van der Waals surface area contributed by atoms with E-state index in [1.54, 1.807) is 7.11 Å². The number of hydrogen-bond acceptors (Lipinski definition) is 5. The van der Waals surface area contributed by atoms with Gasteiger partial charge in [-0.3, -0.25) is 14.5 Å². The Hall–Kier alpha value is -2.12. The van der Waals surface area contributed by atoms with E-state index in [0.29, 0.717) is 13.0 Å². The van der Waals surface area contributed by atoms with Crippen molar-refractivity contribution in [3.05, 3.63) is 29.8 Å². The highest BCUT2D eigenvalue weighted by Crippen LogP contribution is 2.26. The number of ether oxygens (including phenoxy) is 1. The van der Waals surface area contributed by atoms with Gasteiger partial charge in [-0.1, -0.05) is 12.1 Å². The van der Waals surface area contributed by atoms with E-state index in [-0.39, 0.29) is 36.0 Å². The largest absolute Gasteiger partial charge is 0.497 e. The van der Waals surface area contributed by atoms with Crippen LogP contribution < -0.4 is 20.7 Å². The summed E-state index contributed by atoms with van der Waals surface area (Å²) in [5.41, 5.74) is 1.19. The van der Waals surface area contributed by atoms with Gasteiger partial charge in [-0.25, -0.2) is 0 Å². The van der Waals surface area contributed by atoms with Crippen molar-refractivity contribution >= 4 is 11.8 Å². The SMILES string of the molecule is COc1ccc(CN[C@H]2C[C@H]3C(=O)NC[C@@H](CCC(=O)NC(C)C)N3C2)cc1. The number of benzene rings is 1. The summed E-state index contributed by atoms with van der Waals surface area (Å²) < 4.78 is 5.20. The first-order valence-electron chi connectivity index (χ1n) is 10.2. The molecule has 1 aromatic carbocycles. The van der Waals surface area contributed by atoms with E-state index in [2.05, 4.69) is 33.0 Å². The minimum absolute atomic E-state index is 0.0804. The Balaban J connectivity index is 1.52. The molecule has 28 heavy (non-hydrogen) atoms. The molecule has 2 saturated heterocycles. The number of nitrogens with one attached hydrogen (secondary N) is 3. The zero-order valence-electron chi connectivity index (χ0n) is 17.0. The lowest BCUT2D eigenvalue weighted by Crippen LogP contribution is -2.58. The Morgan fingerprint density at radius 2 is 2.07 bits per heavy atom. The van der Waals surface area contributed by atoms with E-state index in [4.69, 9.17) is 4.74 Å². The molecule has 0 aromatic heterocycles. The molecule has 2 aliphatic rings. The number of nitrogens with zero attached hydrogens (tertiary/aromatic N) is 1. The quantitative estimate of drug-likeness (QED) is 0.620. The molecule has 0 spiro atoms. The van der Waals surface area contributed by atoms with Gasteiger partial charge in [0.25, 0.3) is 0 Å². The number of carbonyl (C=O) groups is 2. The normalized spacial score (nSPS) is 24.7. The fraction of sp³-hybridized carbons (Fsp3) is 0.619. The summed E-state index contributed by atoms with van der Waals surface area (Å²) in [6, 6.07) is 8.57. The monoisotopic (exact) mass is 388 g/mol. The first-order valence-corrected chi connectivity index (χ1v) is 10.2. The molecule has 2 amide bonds. The van der Waals surface area contributed by atoms with Crippen molar-refractivity contribution in [2.24, 2.45) is 0 Å². The summed E-state index contributed by atoms with van der Waals surface area (Å²) in [6.07, 6.45) is 2.06. The summed E-state index contributed by atoms with van der Waals surface area (Å²) in [6.45, 7) is 6.15. The predicted octanol–water partition coefficient (Wildman–Crippen LogP) is 1.03. The Kier molecular flexibility index (Phi) is 6.91. The van der Waals surface area contributed by atoms with Crippen LogP contribution >= 0.6 is 0 Å². The van der Waals surface area contributed by atoms with Crippen molar-refractivity contribution in [2.45, 2.75) is 63.8 Å². The maximum Gasteiger partial charge on any atom is 0.237 e. The van der Waals surface area contributed by atoms with Crippen LogP contribution in [0.25, 0.3) is 0 Å². The molecule has 0 bridgehead atoms. The standard InChI is InChI=1S/C21H32N4O3/c1-14(2)24-20(26)9-6-17-12-23-21(27)19-10-16(13-25(17)19)22-11-15-4-7-18(28-3)8-5-15/h4-5,7-8,14,16-17,19,22H,6,9-13H2,1-3H3,(H,23,27)(H,24,26)/t16-,17+,19-/m0/s1. The minimum Gasteiger partial charge on any atom is -0.497 e. The lowest BCUT2D eigenvalue weighted by molar-refractivity contribution is -0.129. The highest BCUT2D eigenvalue weighted by atomic mass is 16.5. The van der Waals surface area contributed by atoms with E-state index >= 15 is 0 Å². The van der Waals surface area contributed by atoms with E-state index in [1.165, 1.54) is 5.56 Å². The molecule has 154 valence electrons. The maximum atomic E-state index is 12.3. The molecule has 3 N–H and O–H groups in total. The molecule has 3 atom stereocenters. The second-order valence-electron chi connectivity index (χ2n) is 8.03. The Bertz CT molecular complexity index is 677. The molecule has 0 saturated carbocycles. The molecule has 7 heteroatoms. The molecule has 3 rings (SSSR count). The van der Waals surface area contributed by atoms with Crippen molar-refractivity contribution in [3.63, 3.8) is 0 Å². The van der Waals surface area contributed by atoms with Crippen molar-refractivity contribution < 1.29 is 14.3 Å². The predicted molar refractivity (Wildman–Crippen MR) is 108 cm³/mol. The third kappa shape index (κ3) is 5.23. The van der Waals surface area contributed by atoms with E-state index in [9.17, 15) is 9.59 Å². The fourth-order valence-corrected chi connectivity index (χ4v) is 4.09. The molecule has 0 aliphatic carbocycles. The number of carbonyl (C=O) groups excluding carboxylic acids is 2. The van der Waals surface area contributed by atoms with Crippen molar-refractivity contribution in [1.29, 1.82) is 0 Å². The van der Waals surface area contributed by atoms with Gasteiger partial charge in [0, 0.05) is 44.2 Å². The molecule has 7 nitrogen and oxygen atoms in total. The zero-order valence-corrected chi connectivity index (χ0v) is 17.0. The Morgan fingerprint density at radius 3 is 2.75 bits per heavy atom. The zero-order chi connectivity index (χ0) is 20.1. The van der Waals surface area contributed by atoms with E-state index < -0.39 is 0 Å². The van der Waals surface area contributed by atoms with Crippen molar-refractivity contribution in [3.8, 4) is 5.75 Å². The van der Waals surface area contributed by atoms with Crippen LogP contribution in [0.15, 0.2) is 24.3 Å². The highest BCUT2D eigenvalue weighted by Gasteiger charge is 2.43. The summed E-state index contributed by atoms with van der Waals surface area (Å²) in [4.78, 5) is 26.6. The molecular formula is C21H32N4O3. The number of methoxy groups -OCH3 is 1. The van der Waals surface area contributed by atoms with Crippen LogP contribution in [0.5, 0.6) is 5.75 Å². The first kappa shape index (κ1) is 20.6. The van der Waals surface area contributed by atoms with Crippen LogP contribution in [0.4, 0.5) is 0 Å². The number of hydrogen-bond donors (Lipinski definition) is 3. The van der Waals surface area contributed by atoms with E-state index in [0.717, 1.165) is 31.7 Å². The summed E-state index contributed by atoms with van der Waals surface area (Å²) in [5, 5.41) is 9.54. The summed E-state index contributed by atoms with van der Waals surface area (Å²) >= 11 is 0. The maximum absolute atomic E-state index is 12.3. The molecule has 0 unspecified atom stereocenters. The molecular weight excluding hydrogens is 356 g/mol. The van der Waals surface area contributed by atoms with Crippen molar-refractivity contribution in [1.82, 2.24) is 20.9 Å². The molecule has 1 aromatic rings. The van der Waals surface area contributed by atoms with Gasteiger partial charge in [-0.2, -0.15) is 0 Å². The third-order valence-corrected chi connectivity index (χ3v) is 5.53. The van der Waals surface area contributed by atoms with Gasteiger partial charge in [-0.15, -0.1) is 0 Å². The highest BCUT2D eigenvalue weighted by molar-refractivity contribution is 5.83. The average molecular weight is 389 g/mol. The second-order valence-corrected chi connectivity index (χ2v) is 8.03. The van der Waals surface area contributed by atoms with Crippen molar-refractivity contribution in [2.75, 3.05) is 20.2 Å². The minimum atomic E-state index is -0.0970. The Labute approximate surface area is 167 Å². The molecule has 2 fully saturated rings. The average Bonchev–Trinajstić information content (AvgIpc) is 3.11. The van der Waals surface area contributed by atoms with Crippen LogP contribution in [0.2, 0.25) is 0 Å². The van der Waals surface area contributed by atoms with Gasteiger partial charge in [0.2, 0.25) is 11.8 Å². The van der Waals surface area contributed by atoms with Gasteiger partial charge >= 0.3 is 0 Å². The smallest absolute Gasteiger partial charge is 0.237 e. The van der Waals surface area contributed by atoms with Gasteiger partial charge in [0.1, 0.15) is 5.75 Å². The summed E-state index contributed by atoms with van der Waals surface area (Å²) in [5.74, 6) is 1.04. The van der Waals surface area contributed by atoms with Crippen LogP contribution in [0, 0.1) is 0 Å². The van der Waals surface area contributed by atoms with Crippen LogP contribution in [0.1, 0.15) is 38.7 Å². The van der Waals surface area contributed by atoms with Crippen LogP contribution in [-0.4, -0.2) is 61.1 Å². The van der Waals surface area contributed by atoms with Gasteiger partial charge in [0.05, 0.1) is 13.2 Å². The number of fused-ring (bicyclic) bond motifs is 1. The first-order chi connectivity index (χ1) is 13.5. The van der Waals surface area contributed by atoms with E-state index in [1.807, 2.05) is 26.0 Å². The number of piperazine rings is 1. The van der Waals surface area contributed by atoms with Gasteiger partial charge in [0.15, 0.2) is 0 Å². The Morgan fingerprint density at radius 1 is 1.32 bits per heavy atom. The lowest BCUT2D eigenvalue weighted by atomic mass is 10.0. The third-order valence-electron chi connectivity index (χ3n) is 5.53. The molecule has 0 radical (unpaired) electrons. The summed E-state index contributed by atoms with van der Waals surface area (Å²) in [7, 11) is 1.66. The topological polar surface area (TPSA) is 82.7 Å². The number of rotatable bonds is 8. The van der Waals surface area contributed by atoms with Crippen LogP contribution in [-0.2, 0) is 16.1 Å². The fourth-order valence-electron chi connectivity index (χ4n) is 4.09. The second kappa shape index (κ2) is 9.39. The van der Waals surface area contributed by atoms with Gasteiger partial charge in [-0.05, 0) is 44.4 Å². The van der Waals surface area contributed by atoms with Crippen LogP contribution in [0.3, 0.4) is 0 Å². The molecule has 2 aliphatic heterocycles. The molecule has 2 heterocycles. The lowest BCUT2D eigenvalue weighted by Gasteiger charge is -2.37.